The van der Waals surface area contributed by atoms with Crippen molar-refractivity contribution in [2.75, 3.05) is 7.11 Å². The van der Waals surface area contributed by atoms with Crippen LogP contribution in [0.25, 0.3) is 0 Å². The number of allylic oxidation sites excluding steroid dienone is 1. The van der Waals surface area contributed by atoms with E-state index in [9.17, 15) is 9.59 Å². The van der Waals surface area contributed by atoms with Crippen molar-refractivity contribution >= 4 is 11.8 Å². The first-order valence-electron chi connectivity index (χ1n) is 8.57. The van der Waals surface area contributed by atoms with E-state index in [4.69, 9.17) is 4.74 Å². The van der Waals surface area contributed by atoms with E-state index in [1.165, 1.54) is 0 Å². The molecule has 134 valence electrons. The Morgan fingerprint density at radius 1 is 1.04 bits per heavy atom. The number of hydrogen-bond acceptors (Lipinski definition) is 3. The summed E-state index contributed by atoms with van der Waals surface area (Å²) in [6.07, 6.45) is 2.12. The minimum Gasteiger partial charge on any atom is -0.497 e. The molecule has 3 rings (SSSR count). The van der Waals surface area contributed by atoms with Crippen LogP contribution >= 0.6 is 0 Å². The number of ether oxygens (including phenoxy) is 1. The third-order valence-corrected chi connectivity index (χ3v) is 4.50. The van der Waals surface area contributed by atoms with Gasteiger partial charge < -0.3 is 15.0 Å². The van der Waals surface area contributed by atoms with Gasteiger partial charge in [0.05, 0.1) is 7.11 Å². The van der Waals surface area contributed by atoms with Crippen LogP contribution in [0.4, 0.5) is 0 Å². The summed E-state index contributed by atoms with van der Waals surface area (Å²) in [5.41, 5.74) is 2.29. The van der Waals surface area contributed by atoms with Crippen molar-refractivity contribution in [3.63, 3.8) is 0 Å². The van der Waals surface area contributed by atoms with E-state index in [0.717, 1.165) is 16.9 Å². The Morgan fingerprint density at radius 3 is 2.35 bits per heavy atom. The molecule has 1 N–H and O–H groups in total. The summed E-state index contributed by atoms with van der Waals surface area (Å²) < 4.78 is 5.18. The first-order valence-corrected chi connectivity index (χ1v) is 8.57. The van der Waals surface area contributed by atoms with E-state index in [0.29, 0.717) is 18.7 Å². The molecule has 0 saturated carbocycles. The largest absolute Gasteiger partial charge is 0.497 e. The Labute approximate surface area is 153 Å². The lowest BCUT2D eigenvalue weighted by Crippen LogP contribution is -2.57. The number of carbonyl (C=O) groups is 2. The van der Waals surface area contributed by atoms with Crippen molar-refractivity contribution in [1.82, 2.24) is 10.2 Å². The first-order chi connectivity index (χ1) is 12.6. The third kappa shape index (κ3) is 3.77. The maximum atomic E-state index is 12.8. The van der Waals surface area contributed by atoms with Crippen molar-refractivity contribution in [1.29, 1.82) is 0 Å². The minimum absolute atomic E-state index is 0.157. The molecular formula is C21H22N2O3. The van der Waals surface area contributed by atoms with Crippen LogP contribution in [0.2, 0.25) is 0 Å². The number of nitrogens with one attached hydrogen (secondary N) is 1. The summed E-state index contributed by atoms with van der Waals surface area (Å²) in [6, 6.07) is 16.7. The third-order valence-electron chi connectivity index (χ3n) is 4.50. The van der Waals surface area contributed by atoms with Gasteiger partial charge in [-0.15, -0.1) is 0 Å². The maximum Gasteiger partial charge on any atom is 0.271 e. The van der Waals surface area contributed by atoms with E-state index in [2.05, 4.69) is 5.32 Å². The van der Waals surface area contributed by atoms with Crippen molar-refractivity contribution in [3.05, 3.63) is 77.5 Å². The summed E-state index contributed by atoms with van der Waals surface area (Å²) in [7, 11) is 1.61. The number of rotatable bonds is 5. The van der Waals surface area contributed by atoms with Crippen LogP contribution in [-0.4, -0.2) is 29.9 Å². The van der Waals surface area contributed by atoms with E-state index < -0.39 is 6.04 Å². The molecule has 0 unspecified atom stereocenters. The van der Waals surface area contributed by atoms with Crippen LogP contribution in [0.5, 0.6) is 5.75 Å². The summed E-state index contributed by atoms with van der Waals surface area (Å²) >= 11 is 0. The summed E-state index contributed by atoms with van der Waals surface area (Å²) in [5.74, 6) is 0.436. The molecule has 2 aromatic carbocycles. The van der Waals surface area contributed by atoms with Crippen LogP contribution in [0.1, 0.15) is 18.1 Å². The number of carbonyl (C=O) groups excluding carboxylic acids is 2. The first kappa shape index (κ1) is 17.7. The second kappa shape index (κ2) is 7.87. The van der Waals surface area contributed by atoms with Crippen molar-refractivity contribution in [2.45, 2.75) is 25.9 Å². The highest BCUT2D eigenvalue weighted by atomic mass is 16.5. The predicted octanol–water partition coefficient (Wildman–Crippen LogP) is 2.67. The molecule has 0 spiro atoms. The van der Waals surface area contributed by atoms with Crippen LogP contribution in [0, 0.1) is 0 Å². The molecule has 26 heavy (non-hydrogen) atoms. The van der Waals surface area contributed by atoms with Gasteiger partial charge in [0.25, 0.3) is 5.91 Å². The van der Waals surface area contributed by atoms with E-state index in [1.807, 2.05) is 54.6 Å². The van der Waals surface area contributed by atoms with Gasteiger partial charge >= 0.3 is 0 Å². The minimum atomic E-state index is -0.546. The highest BCUT2D eigenvalue weighted by molar-refractivity contribution is 6.04. The highest BCUT2D eigenvalue weighted by Crippen LogP contribution is 2.21. The Bertz CT molecular complexity index is 813. The van der Waals surface area contributed by atoms with Gasteiger partial charge in [-0.2, -0.15) is 0 Å². The topological polar surface area (TPSA) is 58.6 Å². The Balaban J connectivity index is 1.88. The van der Waals surface area contributed by atoms with Gasteiger partial charge in [0, 0.05) is 13.0 Å². The van der Waals surface area contributed by atoms with Crippen molar-refractivity contribution < 1.29 is 14.3 Å². The fourth-order valence-corrected chi connectivity index (χ4v) is 3.05. The van der Waals surface area contributed by atoms with Crippen LogP contribution in [0.3, 0.4) is 0 Å². The monoisotopic (exact) mass is 350 g/mol. The highest BCUT2D eigenvalue weighted by Gasteiger charge is 2.37. The van der Waals surface area contributed by atoms with Gasteiger partial charge in [-0.25, -0.2) is 0 Å². The molecule has 0 aliphatic carbocycles. The van der Waals surface area contributed by atoms with Crippen molar-refractivity contribution in [2.24, 2.45) is 0 Å². The van der Waals surface area contributed by atoms with Gasteiger partial charge in [-0.3, -0.25) is 9.59 Å². The van der Waals surface area contributed by atoms with Crippen LogP contribution in [-0.2, 0) is 22.6 Å². The standard InChI is InChI=1S/C21H22N2O3/c1-3-18-21(25)23(14-16-9-11-17(26-2)12-10-16)19(20(24)22-18)13-15-7-5-4-6-8-15/h3-12,19H,13-14H2,1-2H3,(H,22,24)/b18-3-/t19-/m0/s1. The second-order valence-corrected chi connectivity index (χ2v) is 6.18. The molecular weight excluding hydrogens is 328 g/mol. The lowest BCUT2D eigenvalue weighted by atomic mass is 10.00. The smallest absolute Gasteiger partial charge is 0.271 e. The number of benzene rings is 2. The van der Waals surface area contributed by atoms with Gasteiger partial charge in [0.15, 0.2) is 0 Å². The molecule has 1 saturated heterocycles. The summed E-state index contributed by atoms with van der Waals surface area (Å²) in [6.45, 7) is 2.11. The molecule has 2 amide bonds. The van der Waals surface area contributed by atoms with Gasteiger partial charge in [0.2, 0.25) is 5.91 Å². The number of methoxy groups -OCH3 is 1. The number of piperazine rings is 1. The molecule has 2 aromatic rings. The Hall–Kier alpha value is -3.08. The van der Waals surface area contributed by atoms with E-state index in [-0.39, 0.29) is 11.8 Å². The van der Waals surface area contributed by atoms with Crippen LogP contribution < -0.4 is 10.1 Å². The molecule has 1 fully saturated rings. The van der Waals surface area contributed by atoms with Crippen LogP contribution in [0.15, 0.2) is 66.4 Å². The lowest BCUT2D eigenvalue weighted by molar-refractivity contribution is -0.143. The predicted molar refractivity (Wildman–Crippen MR) is 99.4 cm³/mol. The zero-order valence-electron chi connectivity index (χ0n) is 14.9. The van der Waals surface area contributed by atoms with Gasteiger partial charge in [-0.05, 0) is 30.2 Å². The molecule has 1 aliphatic rings. The summed E-state index contributed by atoms with van der Waals surface area (Å²) in [5, 5.41) is 2.73. The van der Waals surface area contributed by atoms with E-state index >= 15 is 0 Å². The molecule has 5 heteroatoms. The number of nitrogens with zero attached hydrogens (tertiary/aromatic N) is 1. The number of hydrogen-bond donors (Lipinski definition) is 1. The SMILES string of the molecule is C/C=C1\NC(=O)[C@H](Cc2ccccc2)N(Cc2ccc(OC)cc2)C1=O. The second-order valence-electron chi connectivity index (χ2n) is 6.18. The summed E-state index contributed by atoms with van der Waals surface area (Å²) in [4.78, 5) is 27.1. The fourth-order valence-electron chi connectivity index (χ4n) is 3.05. The average molecular weight is 350 g/mol. The fraction of sp³-hybridized carbons (Fsp3) is 0.238. The maximum absolute atomic E-state index is 12.8. The molecule has 0 aromatic heterocycles. The average Bonchev–Trinajstić information content (AvgIpc) is 2.68. The molecule has 0 radical (unpaired) electrons. The van der Waals surface area contributed by atoms with E-state index in [1.54, 1.807) is 25.0 Å². The van der Waals surface area contributed by atoms with Gasteiger partial charge in [-0.1, -0.05) is 48.5 Å². The van der Waals surface area contributed by atoms with Gasteiger partial charge in [0.1, 0.15) is 17.5 Å². The molecule has 0 bridgehead atoms. The lowest BCUT2D eigenvalue weighted by Gasteiger charge is -2.36. The molecule has 5 nitrogen and oxygen atoms in total. The molecule has 1 heterocycles. The normalized spacial score (nSPS) is 18.8. The van der Waals surface area contributed by atoms with Crippen molar-refractivity contribution in [3.8, 4) is 5.75 Å². The Morgan fingerprint density at radius 2 is 1.73 bits per heavy atom. The molecule has 1 aliphatic heterocycles. The number of amides is 2. The quantitative estimate of drug-likeness (QED) is 0.844. The zero-order chi connectivity index (χ0) is 18.5. The zero-order valence-corrected chi connectivity index (χ0v) is 14.9. The Kier molecular flexibility index (Phi) is 5.37. The molecule has 1 atom stereocenters.